The molecule has 3 rings (SSSR count). The monoisotopic (exact) mass is 369 g/mol. The summed E-state index contributed by atoms with van der Waals surface area (Å²) in [5.41, 5.74) is 7.77. The number of amides is 2. The molecule has 142 valence electrons. The summed E-state index contributed by atoms with van der Waals surface area (Å²) in [7, 11) is 0. The summed E-state index contributed by atoms with van der Waals surface area (Å²) in [6, 6.07) is 7.20. The maximum atomic E-state index is 13.0. The molecular weight excluding hydrogens is 346 g/mol. The molecule has 1 fully saturated rings. The van der Waals surface area contributed by atoms with Crippen molar-refractivity contribution in [1.29, 1.82) is 0 Å². The number of nitrogens with zero attached hydrogens (tertiary/aromatic N) is 2. The normalized spacial score (nSPS) is 20.8. The third kappa shape index (κ3) is 4.40. The van der Waals surface area contributed by atoms with Crippen LogP contribution in [0.2, 0.25) is 0 Å². The molecule has 2 heterocycles. The van der Waals surface area contributed by atoms with Gasteiger partial charge in [0.25, 0.3) is 0 Å². The third-order valence-electron chi connectivity index (χ3n) is 4.73. The first kappa shape index (κ1) is 18.8. The van der Waals surface area contributed by atoms with Crippen molar-refractivity contribution in [1.82, 2.24) is 20.2 Å². The number of hydrogen-bond acceptors (Lipinski definition) is 5. The number of imidazole rings is 1. The third-order valence-corrected chi connectivity index (χ3v) is 4.73. The van der Waals surface area contributed by atoms with Crippen molar-refractivity contribution >= 4 is 17.6 Å². The van der Waals surface area contributed by atoms with Gasteiger partial charge < -0.3 is 20.9 Å². The number of carbonyl (C=O) groups excluding carboxylic acids is 3. The Morgan fingerprint density at radius 3 is 2.70 bits per heavy atom. The Balaban J connectivity index is 1.81. The van der Waals surface area contributed by atoms with Crippen molar-refractivity contribution in [2.45, 2.75) is 37.9 Å². The highest BCUT2D eigenvalue weighted by molar-refractivity contribution is 5.96. The lowest BCUT2D eigenvalue weighted by Crippen LogP contribution is -2.66. The van der Waals surface area contributed by atoms with E-state index >= 15 is 0 Å². The second-order valence-electron chi connectivity index (χ2n) is 6.76. The molecule has 0 saturated carbocycles. The van der Waals surface area contributed by atoms with Gasteiger partial charge in [0.2, 0.25) is 11.8 Å². The summed E-state index contributed by atoms with van der Waals surface area (Å²) in [5.74, 6) is -0.888. The molecule has 27 heavy (non-hydrogen) atoms. The van der Waals surface area contributed by atoms with Crippen LogP contribution in [-0.2, 0) is 27.2 Å². The highest BCUT2D eigenvalue weighted by Crippen LogP contribution is 2.17. The first-order valence-corrected chi connectivity index (χ1v) is 8.83. The Kier molecular flexibility index (Phi) is 5.66. The van der Waals surface area contributed by atoms with E-state index in [0.29, 0.717) is 6.42 Å². The topological polar surface area (TPSA) is 121 Å². The van der Waals surface area contributed by atoms with Gasteiger partial charge in [-0.3, -0.25) is 14.4 Å². The number of H-pyrrole nitrogens is 1. The van der Waals surface area contributed by atoms with Crippen molar-refractivity contribution in [3.8, 4) is 0 Å². The van der Waals surface area contributed by atoms with Crippen LogP contribution in [0.4, 0.5) is 0 Å². The van der Waals surface area contributed by atoms with Crippen molar-refractivity contribution in [3.63, 3.8) is 0 Å². The fourth-order valence-electron chi connectivity index (χ4n) is 3.23. The molecule has 1 aliphatic rings. The van der Waals surface area contributed by atoms with Gasteiger partial charge >= 0.3 is 0 Å². The summed E-state index contributed by atoms with van der Waals surface area (Å²) in [5, 5.41) is 2.72. The second kappa shape index (κ2) is 8.13. The van der Waals surface area contributed by atoms with E-state index in [0.717, 1.165) is 11.3 Å². The molecule has 1 aromatic carbocycles. The lowest BCUT2D eigenvalue weighted by Gasteiger charge is -2.39. The molecule has 2 aromatic rings. The number of hydrogen-bond donors (Lipinski definition) is 3. The van der Waals surface area contributed by atoms with E-state index in [2.05, 4.69) is 15.3 Å². The van der Waals surface area contributed by atoms with Gasteiger partial charge in [0.1, 0.15) is 12.1 Å². The maximum Gasteiger partial charge on any atom is 0.243 e. The van der Waals surface area contributed by atoms with Crippen LogP contribution in [0.3, 0.4) is 0 Å². The summed E-state index contributed by atoms with van der Waals surface area (Å²) in [6.45, 7) is 1.52. The van der Waals surface area contributed by atoms with Gasteiger partial charge in [0.05, 0.1) is 12.4 Å². The van der Waals surface area contributed by atoms with Crippen molar-refractivity contribution in [2.75, 3.05) is 6.54 Å². The minimum absolute atomic E-state index is 0.119. The summed E-state index contributed by atoms with van der Waals surface area (Å²) in [6.07, 6.45) is 3.76. The number of aromatic nitrogens is 2. The molecule has 0 radical (unpaired) electrons. The van der Waals surface area contributed by atoms with Crippen LogP contribution in [0.15, 0.2) is 42.9 Å². The molecule has 1 aromatic heterocycles. The fourth-order valence-corrected chi connectivity index (χ4v) is 3.23. The molecule has 4 N–H and O–H groups in total. The minimum Gasteiger partial charge on any atom is -0.348 e. The zero-order valence-electron chi connectivity index (χ0n) is 15.1. The minimum atomic E-state index is -0.831. The summed E-state index contributed by atoms with van der Waals surface area (Å²) < 4.78 is 0. The number of Topliss-reactive ketones (excluding diaryl/α,β-unsaturated/α-hetero) is 1. The van der Waals surface area contributed by atoms with Gasteiger partial charge in [-0.2, -0.15) is 0 Å². The largest absolute Gasteiger partial charge is 0.348 e. The molecule has 0 aliphatic carbocycles. The van der Waals surface area contributed by atoms with Crippen LogP contribution in [0.5, 0.6) is 0 Å². The van der Waals surface area contributed by atoms with Gasteiger partial charge in [-0.05, 0) is 12.5 Å². The standard InChI is InChI=1S/C19H23N5O3/c1-12(25)16-10-24(19(27)15(20)8-14-9-21-11-22-14)17(18(26)23-16)7-13-5-3-2-4-6-13/h2-6,9,11,15-17H,7-8,10,20H2,1H3,(H,21,22)(H,23,26)/t15-,16?,17?/m0/s1. The van der Waals surface area contributed by atoms with Crippen LogP contribution in [-0.4, -0.2) is 57.1 Å². The van der Waals surface area contributed by atoms with E-state index in [1.807, 2.05) is 30.3 Å². The Hall–Kier alpha value is -3.00. The molecular formula is C19H23N5O3. The zero-order chi connectivity index (χ0) is 19.4. The van der Waals surface area contributed by atoms with Gasteiger partial charge in [0, 0.05) is 31.3 Å². The van der Waals surface area contributed by atoms with E-state index in [4.69, 9.17) is 5.73 Å². The zero-order valence-corrected chi connectivity index (χ0v) is 15.1. The van der Waals surface area contributed by atoms with E-state index in [-0.39, 0.29) is 30.6 Å². The molecule has 0 bridgehead atoms. The molecule has 1 aliphatic heterocycles. The maximum absolute atomic E-state index is 13.0. The molecule has 0 spiro atoms. The highest BCUT2D eigenvalue weighted by atomic mass is 16.2. The number of nitrogens with one attached hydrogen (secondary N) is 2. The summed E-state index contributed by atoms with van der Waals surface area (Å²) >= 11 is 0. The van der Waals surface area contributed by atoms with Gasteiger partial charge in [-0.15, -0.1) is 0 Å². The van der Waals surface area contributed by atoms with E-state index in [9.17, 15) is 14.4 Å². The average Bonchev–Trinajstić information content (AvgIpc) is 3.16. The molecule has 2 unspecified atom stereocenters. The first-order valence-electron chi connectivity index (χ1n) is 8.83. The number of rotatable bonds is 6. The van der Waals surface area contributed by atoms with Gasteiger partial charge in [-0.25, -0.2) is 4.98 Å². The molecule has 8 nitrogen and oxygen atoms in total. The van der Waals surface area contributed by atoms with Gasteiger partial charge in [0.15, 0.2) is 5.78 Å². The van der Waals surface area contributed by atoms with Crippen LogP contribution in [0, 0.1) is 0 Å². The van der Waals surface area contributed by atoms with E-state index < -0.39 is 18.1 Å². The Bertz CT molecular complexity index is 806. The van der Waals surface area contributed by atoms with Crippen LogP contribution >= 0.6 is 0 Å². The van der Waals surface area contributed by atoms with E-state index in [1.165, 1.54) is 18.2 Å². The molecule has 8 heteroatoms. The predicted octanol–water partition coefficient (Wildman–Crippen LogP) is -0.193. The molecule has 2 amide bonds. The SMILES string of the molecule is CC(=O)C1CN(C(=O)[C@@H](N)Cc2cnc[nH]2)C(Cc2ccccc2)C(=O)N1. The number of benzene rings is 1. The number of carbonyl (C=O) groups is 3. The Morgan fingerprint density at radius 1 is 1.33 bits per heavy atom. The van der Waals surface area contributed by atoms with Crippen molar-refractivity contribution < 1.29 is 14.4 Å². The Labute approximate surface area is 157 Å². The number of aromatic amines is 1. The number of piperazine rings is 1. The lowest BCUT2D eigenvalue weighted by molar-refractivity contribution is -0.147. The summed E-state index contributed by atoms with van der Waals surface area (Å²) in [4.78, 5) is 45.8. The molecule has 3 atom stereocenters. The lowest BCUT2D eigenvalue weighted by atomic mass is 9.97. The fraction of sp³-hybridized carbons (Fsp3) is 0.368. The first-order chi connectivity index (χ1) is 13.0. The number of ketones is 1. The average molecular weight is 369 g/mol. The number of nitrogens with two attached hydrogens (primary N) is 1. The predicted molar refractivity (Wildman–Crippen MR) is 98.5 cm³/mol. The second-order valence-corrected chi connectivity index (χ2v) is 6.76. The highest BCUT2D eigenvalue weighted by Gasteiger charge is 2.40. The van der Waals surface area contributed by atoms with E-state index in [1.54, 1.807) is 6.20 Å². The quantitative estimate of drug-likeness (QED) is 0.651. The van der Waals surface area contributed by atoms with Crippen molar-refractivity contribution in [2.24, 2.45) is 5.73 Å². The van der Waals surface area contributed by atoms with Crippen LogP contribution < -0.4 is 11.1 Å². The van der Waals surface area contributed by atoms with Crippen LogP contribution in [0.1, 0.15) is 18.2 Å². The van der Waals surface area contributed by atoms with Crippen LogP contribution in [0.25, 0.3) is 0 Å². The smallest absolute Gasteiger partial charge is 0.243 e. The molecule has 1 saturated heterocycles. The Morgan fingerprint density at radius 2 is 2.07 bits per heavy atom. The van der Waals surface area contributed by atoms with Crippen molar-refractivity contribution in [3.05, 3.63) is 54.1 Å². The van der Waals surface area contributed by atoms with Gasteiger partial charge in [-0.1, -0.05) is 30.3 Å².